The summed E-state index contributed by atoms with van der Waals surface area (Å²) in [7, 11) is 3.43. The van der Waals surface area contributed by atoms with Crippen LogP contribution in [0.2, 0.25) is 0 Å². The third-order valence-electron chi connectivity index (χ3n) is 4.29. The topological polar surface area (TPSA) is 80.9 Å². The Morgan fingerprint density at radius 3 is 2.67 bits per heavy atom. The highest BCUT2D eigenvalue weighted by atomic mass is 16.5. The summed E-state index contributed by atoms with van der Waals surface area (Å²) in [5.41, 5.74) is 4.32. The van der Waals surface area contributed by atoms with E-state index in [0.29, 0.717) is 19.8 Å². The first kappa shape index (κ1) is 20.8. The molecule has 0 fully saturated rings. The molecule has 0 atom stereocenters. The molecular weight excluding hydrogens is 344 g/mol. The van der Waals surface area contributed by atoms with E-state index >= 15 is 0 Å². The van der Waals surface area contributed by atoms with E-state index in [4.69, 9.17) is 14.0 Å². The SMILES string of the molecule is CN=C(NCCc1c(C)noc1C)NCc1ccc(C)cc1OCCOC. The van der Waals surface area contributed by atoms with Gasteiger partial charge in [-0.05, 0) is 38.8 Å². The van der Waals surface area contributed by atoms with E-state index in [2.05, 4.69) is 39.8 Å². The number of nitrogens with one attached hydrogen (secondary N) is 2. The molecule has 1 heterocycles. The van der Waals surface area contributed by atoms with Gasteiger partial charge < -0.3 is 24.6 Å². The van der Waals surface area contributed by atoms with Crippen molar-refractivity contribution in [2.75, 3.05) is 33.9 Å². The van der Waals surface area contributed by atoms with Crippen molar-refractivity contribution in [3.63, 3.8) is 0 Å². The van der Waals surface area contributed by atoms with Crippen molar-refractivity contribution in [3.8, 4) is 5.75 Å². The van der Waals surface area contributed by atoms with Crippen LogP contribution >= 0.6 is 0 Å². The van der Waals surface area contributed by atoms with Crippen molar-refractivity contribution in [3.05, 3.63) is 46.3 Å². The van der Waals surface area contributed by atoms with Crippen LogP contribution in [-0.2, 0) is 17.7 Å². The molecule has 0 aliphatic rings. The quantitative estimate of drug-likeness (QED) is 0.399. The van der Waals surface area contributed by atoms with Gasteiger partial charge in [-0.3, -0.25) is 4.99 Å². The van der Waals surface area contributed by atoms with Crippen LogP contribution in [0.3, 0.4) is 0 Å². The van der Waals surface area contributed by atoms with E-state index in [1.54, 1.807) is 14.2 Å². The summed E-state index contributed by atoms with van der Waals surface area (Å²) in [5.74, 6) is 2.48. The summed E-state index contributed by atoms with van der Waals surface area (Å²) in [6.07, 6.45) is 0.831. The molecule has 7 nitrogen and oxygen atoms in total. The van der Waals surface area contributed by atoms with Gasteiger partial charge >= 0.3 is 0 Å². The number of methoxy groups -OCH3 is 1. The van der Waals surface area contributed by atoms with Crippen molar-refractivity contribution >= 4 is 5.96 Å². The summed E-state index contributed by atoms with van der Waals surface area (Å²) in [4.78, 5) is 4.28. The van der Waals surface area contributed by atoms with E-state index in [1.165, 1.54) is 0 Å². The molecule has 1 aromatic carbocycles. The summed E-state index contributed by atoms with van der Waals surface area (Å²) < 4.78 is 16.1. The van der Waals surface area contributed by atoms with Crippen LogP contribution in [-0.4, -0.2) is 45.0 Å². The fourth-order valence-electron chi connectivity index (χ4n) is 2.74. The third-order valence-corrected chi connectivity index (χ3v) is 4.29. The van der Waals surface area contributed by atoms with Crippen molar-refractivity contribution < 1.29 is 14.0 Å². The first-order valence-electron chi connectivity index (χ1n) is 9.12. The number of benzene rings is 1. The lowest BCUT2D eigenvalue weighted by atomic mass is 10.1. The largest absolute Gasteiger partial charge is 0.491 e. The number of hydrogen-bond donors (Lipinski definition) is 2. The van der Waals surface area contributed by atoms with Crippen molar-refractivity contribution in [2.45, 2.75) is 33.7 Å². The Morgan fingerprint density at radius 1 is 1.19 bits per heavy atom. The number of aliphatic imine (C=N–C) groups is 1. The highest BCUT2D eigenvalue weighted by Crippen LogP contribution is 2.20. The zero-order valence-electron chi connectivity index (χ0n) is 16.9. The minimum atomic E-state index is 0.525. The lowest BCUT2D eigenvalue weighted by Gasteiger charge is -2.15. The highest BCUT2D eigenvalue weighted by Gasteiger charge is 2.09. The van der Waals surface area contributed by atoms with Gasteiger partial charge in [-0.15, -0.1) is 0 Å². The average molecular weight is 374 g/mol. The van der Waals surface area contributed by atoms with Gasteiger partial charge in [0.05, 0.1) is 12.3 Å². The molecule has 1 aromatic heterocycles. The van der Waals surface area contributed by atoms with E-state index < -0.39 is 0 Å². The molecule has 0 radical (unpaired) electrons. The fourth-order valence-corrected chi connectivity index (χ4v) is 2.74. The molecule has 2 N–H and O–H groups in total. The normalized spacial score (nSPS) is 11.5. The molecular formula is C20H30N4O3. The Morgan fingerprint density at radius 2 is 2.00 bits per heavy atom. The molecule has 148 valence electrons. The molecule has 2 aromatic rings. The zero-order chi connectivity index (χ0) is 19.6. The fraction of sp³-hybridized carbons (Fsp3) is 0.500. The second-order valence-corrected chi connectivity index (χ2v) is 6.36. The summed E-state index contributed by atoms with van der Waals surface area (Å²) in [6.45, 7) is 8.40. The molecule has 0 saturated heterocycles. The minimum Gasteiger partial charge on any atom is -0.491 e. The molecule has 0 amide bonds. The lowest BCUT2D eigenvalue weighted by molar-refractivity contribution is 0.145. The van der Waals surface area contributed by atoms with Gasteiger partial charge in [0.15, 0.2) is 5.96 Å². The molecule has 2 rings (SSSR count). The van der Waals surface area contributed by atoms with Crippen molar-refractivity contribution in [1.29, 1.82) is 0 Å². The minimum absolute atomic E-state index is 0.525. The van der Waals surface area contributed by atoms with Crippen LogP contribution in [0, 0.1) is 20.8 Å². The van der Waals surface area contributed by atoms with E-state index in [0.717, 1.165) is 52.8 Å². The van der Waals surface area contributed by atoms with Crippen LogP contribution in [0.25, 0.3) is 0 Å². The first-order chi connectivity index (χ1) is 13.0. The van der Waals surface area contributed by atoms with Gasteiger partial charge in [0, 0.05) is 38.4 Å². The maximum atomic E-state index is 5.84. The first-order valence-corrected chi connectivity index (χ1v) is 9.12. The standard InChI is InChI=1S/C20H30N4O3/c1-14-6-7-17(19(12-14)26-11-10-25-5)13-23-20(21-4)22-9-8-18-15(2)24-27-16(18)3/h6-7,12H,8-11,13H2,1-5H3,(H2,21,22,23). The van der Waals surface area contributed by atoms with Crippen LogP contribution in [0.15, 0.2) is 27.7 Å². The molecule has 7 heteroatoms. The van der Waals surface area contributed by atoms with Crippen LogP contribution in [0.5, 0.6) is 5.75 Å². The predicted molar refractivity (Wildman–Crippen MR) is 106 cm³/mol. The smallest absolute Gasteiger partial charge is 0.191 e. The number of rotatable bonds is 9. The van der Waals surface area contributed by atoms with Crippen LogP contribution in [0.1, 0.15) is 28.1 Å². The van der Waals surface area contributed by atoms with E-state index in [9.17, 15) is 0 Å². The maximum absolute atomic E-state index is 5.84. The molecule has 0 bridgehead atoms. The van der Waals surface area contributed by atoms with Crippen LogP contribution < -0.4 is 15.4 Å². The van der Waals surface area contributed by atoms with E-state index in [-0.39, 0.29) is 0 Å². The Hall–Kier alpha value is -2.54. The number of ether oxygens (including phenoxy) is 2. The lowest BCUT2D eigenvalue weighted by Crippen LogP contribution is -2.38. The van der Waals surface area contributed by atoms with Gasteiger partial charge in [0.1, 0.15) is 18.1 Å². The number of aromatic nitrogens is 1. The second kappa shape index (κ2) is 10.6. The maximum Gasteiger partial charge on any atom is 0.191 e. The summed E-state index contributed by atoms with van der Waals surface area (Å²) in [6, 6.07) is 6.19. The molecule has 0 aliphatic heterocycles. The summed E-state index contributed by atoms with van der Waals surface area (Å²) >= 11 is 0. The van der Waals surface area contributed by atoms with Gasteiger partial charge in [0.25, 0.3) is 0 Å². The van der Waals surface area contributed by atoms with Gasteiger partial charge in [-0.25, -0.2) is 0 Å². The number of aryl methyl sites for hydroxylation is 3. The third kappa shape index (κ3) is 6.29. The van der Waals surface area contributed by atoms with Crippen LogP contribution in [0.4, 0.5) is 0 Å². The molecule has 27 heavy (non-hydrogen) atoms. The van der Waals surface area contributed by atoms with Gasteiger partial charge in [0.2, 0.25) is 0 Å². The number of nitrogens with zero attached hydrogens (tertiary/aromatic N) is 2. The molecule has 0 spiro atoms. The van der Waals surface area contributed by atoms with Gasteiger partial charge in [-0.2, -0.15) is 0 Å². The Bertz CT molecular complexity index is 736. The van der Waals surface area contributed by atoms with Crippen molar-refractivity contribution in [1.82, 2.24) is 15.8 Å². The molecule has 0 aliphatic carbocycles. The highest BCUT2D eigenvalue weighted by molar-refractivity contribution is 5.79. The molecule has 0 unspecified atom stereocenters. The van der Waals surface area contributed by atoms with Crippen molar-refractivity contribution in [2.24, 2.45) is 4.99 Å². The number of hydrogen-bond acceptors (Lipinski definition) is 5. The second-order valence-electron chi connectivity index (χ2n) is 6.36. The Balaban J connectivity index is 1.88. The molecule has 0 saturated carbocycles. The average Bonchev–Trinajstić information content (AvgIpc) is 2.97. The zero-order valence-corrected chi connectivity index (χ0v) is 16.9. The number of guanidine groups is 1. The predicted octanol–water partition coefficient (Wildman–Crippen LogP) is 2.53. The summed E-state index contributed by atoms with van der Waals surface area (Å²) in [5, 5.41) is 10.6. The Kier molecular flexibility index (Phi) is 8.13. The monoisotopic (exact) mass is 374 g/mol. The van der Waals surface area contributed by atoms with Gasteiger partial charge in [-0.1, -0.05) is 17.3 Å². The Labute approximate surface area is 161 Å². The van der Waals surface area contributed by atoms with E-state index in [1.807, 2.05) is 19.9 Å².